The summed E-state index contributed by atoms with van der Waals surface area (Å²) in [5.41, 5.74) is 0. The lowest BCUT2D eigenvalue weighted by Crippen LogP contribution is -2.50. The van der Waals surface area contributed by atoms with Crippen LogP contribution in [0.15, 0.2) is 0 Å². The zero-order valence-corrected chi connectivity index (χ0v) is 11.4. The highest BCUT2D eigenvalue weighted by Crippen LogP contribution is 2.18. The van der Waals surface area contributed by atoms with Crippen LogP contribution in [0.25, 0.3) is 0 Å². The number of methoxy groups -OCH3 is 1. The summed E-state index contributed by atoms with van der Waals surface area (Å²) in [5, 5.41) is 2.60. The van der Waals surface area contributed by atoms with E-state index >= 15 is 0 Å². The quantitative estimate of drug-likeness (QED) is 0.690. The van der Waals surface area contributed by atoms with E-state index in [0.29, 0.717) is 6.54 Å². The van der Waals surface area contributed by atoms with Crippen LogP contribution in [0.1, 0.15) is 20.3 Å². The molecule has 0 aromatic carbocycles. The molecule has 1 aliphatic rings. The van der Waals surface area contributed by atoms with Gasteiger partial charge in [-0.15, -0.1) is 0 Å². The van der Waals surface area contributed by atoms with Gasteiger partial charge in [0, 0.05) is 26.1 Å². The smallest absolute Gasteiger partial charge is 0.329 e. The third-order valence-corrected chi connectivity index (χ3v) is 3.24. The Bertz CT molecular complexity index is 308. The molecule has 1 amide bonds. The van der Waals surface area contributed by atoms with Crippen molar-refractivity contribution >= 4 is 11.9 Å². The summed E-state index contributed by atoms with van der Waals surface area (Å²) < 4.78 is 10.2. The van der Waals surface area contributed by atoms with Crippen molar-refractivity contribution in [2.75, 3.05) is 27.3 Å². The van der Waals surface area contributed by atoms with Crippen LogP contribution in [0.2, 0.25) is 0 Å². The molecule has 0 aromatic heterocycles. The summed E-state index contributed by atoms with van der Waals surface area (Å²) in [6.45, 7) is 4.56. The van der Waals surface area contributed by atoms with Crippen molar-refractivity contribution in [3.8, 4) is 0 Å². The van der Waals surface area contributed by atoms with Crippen molar-refractivity contribution in [2.45, 2.75) is 38.5 Å². The molecule has 0 aromatic rings. The van der Waals surface area contributed by atoms with E-state index in [0.717, 1.165) is 13.0 Å². The molecule has 0 spiro atoms. The van der Waals surface area contributed by atoms with E-state index in [-0.39, 0.29) is 18.1 Å². The summed E-state index contributed by atoms with van der Waals surface area (Å²) in [7, 11) is 3.24. The largest absolute Gasteiger partial charge is 0.467 e. The van der Waals surface area contributed by atoms with Crippen molar-refractivity contribution in [3.63, 3.8) is 0 Å². The van der Waals surface area contributed by atoms with Gasteiger partial charge < -0.3 is 14.8 Å². The maximum Gasteiger partial charge on any atom is 0.329 e. The first-order valence-electron chi connectivity index (χ1n) is 6.12. The van der Waals surface area contributed by atoms with Crippen LogP contribution in [0.4, 0.5) is 0 Å². The fourth-order valence-electron chi connectivity index (χ4n) is 2.29. The molecule has 104 valence electrons. The number of carbonyl (C=O) groups is 2. The zero-order chi connectivity index (χ0) is 13.7. The second kappa shape index (κ2) is 6.70. The van der Waals surface area contributed by atoms with Crippen molar-refractivity contribution < 1.29 is 19.1 Å². The van der Waals surface area contributed by atoms with Crippen LogP contribution < -0.4 is 5.32 Å². The summed E-state index contributed by atoms with van der Waals surface area (Å²) in [4.78, 5) is 24.7. The highest BCUT2D eigenvalue weighted by molar-refractivity contribution is 5.83. The normalized spacial score (nSPS) is 24.9. The Morgan fingerprint density at radius 3 is 2.67 bits per heavy atom. The minimum absolute atomic E-state index is 0.144. The fourth-order valence-corrected chi connectivity index (χ4v) is 2.29. The first-order chi connectivity index (χ1) is 8.45. The lowest BCUT2D eigenvalue weighted by atomic mass is 10.1. The number of amides is 1. The summed E-state index contributed by atoms with van der Waals surface area (Å²) in [6.07, 6.45) is 1.08. The Hall–Kier alpha value is -1.14. The van der Waals surface area contributed by atoms with Gasteiger partial charge in [-0.25, -0.2) is 4.79 Å². The molecule has 0 radical (unpaired) electrons. The number of nitrogens with zero attached hydrogens (tertiary/aromatic N) is 1. The van der Waals surface area contributed by atoms with Crippen LogP contribution in [0.3, 0.4) is 0 Å². The molecule has 0 bridgehead atoms. The minimum atomic E-state index is -0.634. The number of hydrogen-bond acceptors (Lipinski definition) is 5. The van der Waals surface area contributed by atoms with E-state index in [4.69, 9.17) is 9.47 Å². The van der Waals surface area contributed by atoms with Gasteiger partial charge in [0.05, 0.1) is 13.2 Å². The van der Waals surface area contributed by atoms with Gasteiger partial charge in [0.25, 0.3) is 0 Å². The number of nitrogens with one attached hydrogen (secondary N) is 1. The van der Waals surface area contributed by atoms with E-state index in [9.17, 15) is 9.59 Å². The van der Waals surface area contributed by atoms with E-state index < -0.39 is 12.0 Å². The van der Waals surface area contributed by atoms with Gasteiger partial charge in [-0.1, -0.05) is 0 Å². The summed E-state index contributed by atoms with van der Waals surface area (Å²) in [5.74, 6) is -0.668. The predicted molar refractivity (Wildman–Crippen MR) is 66.1 cm³/mol. The van der Waals surface area contributed by atoms with Gasteiger partial charge in [0.15, 0.2) is 0 Å². The maximum absolute atomic E-state index is 11.6. The van der Waals surface area contributed by atoms with Crippen molar-refractivity contribution in [2.24, 2.45) is 0 Å². The average Bonchev–Trinajstić information content (AvgIpc) is 2.73. The molecular formula is C12H22N2O4. The van der Waals surface area contributed by atoms with Gasteiger partial charge in [-0.2, -0.15) is 0 Å². The van der Waals surface area contributed by atoms with E-state index in [1.807, 2.05) is 18.9 Å². The molecule has 1 saturated heterocycles. The average molecular weight is 258 g/mol. The van der Waals surface area contributed by atoms with Crippen LogP contribution in [-0.4, -0.2) is 62.3 Å². The number of ether oxygens (including phenoxy) is 2. The standard InChI is InChI=1S/C12H22N2O4/c1-8-11(5-6-18-8)14(3)7-10(12(16)17-4)13-9(2)15/h8,10-11H,5-7H2,1-4H3,(H,13,15). The van der Waals surface area contributed by atoms with Crippen LogP contribution >= 0.6 is 0 Å². The first kappa shape index (κ1) is 14.9. The van der Waals surface area contributed by atoms with E-state index in [1.165, 1.54) is 14.0 Å². The van der Waals surface area contributed by atoms with Gasteiger partial charge in [0.1, 0.15) is 6.04 Å². The van der Waals surface area contributed by atoms with Crippen LogP contribution in [0.5, 0.6) is 0 Å². The van der Waals surface area contributed by atoms with Crippen molar-refractivity contribution in [3.05, 3.63) is 0 Å². The Kier molecular flexibility index (Phi) is 5.55. The Balaban J connectivity index is 2.58. The number of esters is 1. The Labute approximate surface area is 108 Å². The monoisotopic (exact) mass is 258 g/mol. The molecule has 6 nitrogen and oxygen atoms in total. The molecule has 1 fully saturated rings. The van der Waals surface area contributed by atoms with Crippen molar-refractivity contribution in [1.29, 1.82) is 0 Å². The molecular weight excluding hydrogens is 236 g/mol. The maximum atomic E-state index is 11.6. The van der Waals surface area contributed by atoms with Gasteiger partial charge in [-0.05, 0) is 20.4 Å². The van der Waals surface area contributed by atoms with Gasteiger partial charge >= 0.3 is 5.97 Å². The number of likely N-dealkylation sites (N-methyl/N-ethyl adjacent to an activating group) is 1. The predicted octanol–water partition coefficient (Wildman–Crippen LogP) is -0.227. The van der Waals surface area contributed by atoms with Crippen molar-refractivity contribution in [1.82, 2.24) is 10.2 Å². The molecule has 6 heteroatoms. The first-order valence-corrected chi connectivity index (χ1v) is 6.12. The lowest BCUT2D eigenvalue weighted by Gasteiger charge is -2.29. The van der Waals surface area contributed by atoms with E-state index in [1.54, 1.807) is 0 Å². The third kappa shape index (κ3) is 3.96. The van der Waals surface area contributed by atoms with Gasteiger partial charge in [0.2, 0.25) is 5.91 Å². The van der Waals surface area contributed by atoms with Crippen LogP contribution in [-0.2, 0) is 19.1 Å². The molecule has 18 heavy (non-hydrogen) atoms. The molecule has 3 atom stereocenters. The molecule has 0 saturated carbocycles. The Morgan fingerprint density at radius 2 is 2.22 bits per heavy atom. The Morgan fingerprint density at radius 1 is 1.56 bits per heavy atom. The molecule has 0 aliphatic carbocycles. The molecule has 1 N–H and O–H groups in total. The number of carbonyl (C=O) groups excluding carboxylic acids is 2. The molecule has 3 unspecified atom stereocenters. The second-order valence-corrected chi connectivity index (χ2v) is 4.65. The fraction of sp³-hybridized carbons (Fsp3) is 0.833. The van der Waals surface area contributed by atoms with E-state index in [2.05, 4.69) is 5.32 Å². The van der Waals surface area contributed by atoms with Gasteiger partial charge in [-0.3, -0.25) is 9.69 Å². The summed E-state index contributed by atoms with van der Waals surface area (Å²) >= 11 is 0. The topological polar surface area (TPSA) is 67.9 Å². The highest BCUT2D eigenvalue weighted by atomic mass is 16.5. The molecule has 1 rings (SSSR count). The SMILES string of the molecule is COC(=O)C(CN(C)C1CCOC1C)NC(C)=O. The highest BCUT2D eigenvalue weighted by Gasteiger charge is 2.31. The lowest BCUT2D eigenvalue weighted by molar-refractivity contribution is -0.145. The second-order valence-electron chi connectivity index (χ2n) is 4.65. The molecule has 1 heterocycles. The number of rotatable bonds is 5. The minimum Gasteiger partial charge on any atom is -0.467 e. The van der Waals surface area contributed by atoms with Crippen LogP contribution in [0, 0.1) is 0 Å². The third-order valence-electron chi connectivity index (χ3n) is 3.24. The number of hydrogen-bond donors (Lipinski definition) is 1. The summed E-state index contributed by atoms with van der Waals surface area (Å²) in [6, 6.07) is -0.365. The molecule has 1 aliphatic heterocycles. The zero-order valence-electron chi connectivity index (χ0n) is 11.4.